The molecular formula is C18H23N3O. The summed E-state index contributed by atoms with van der Waals surface area (Å²) in [7, 11) is 0. The Hall–Kier alpha value is -2.33. The summed E-state index contributed by atoms with van der Waals surface area (Å²) in [5, 5.41) is 6.22. The number of hydrogen-bond acceptors (Lipinski definition) is 3. The zero-order valence-corrected chi connectivity index (χ0v) is 12.7. The van der Waals surface area contributed by atoms with Gasteiger partial charge >= 0.3 is 0 Å². The Morgan fingerprint density at radius 1 is 0.818 bits per heavy atom. The van der Waals surface area contributed by atoms with Gasteiger partial charge in [-0.2, -0.15) is 0 Å². The van der Waals surface area contributed by atoms with Crippen LogP contribution in [0.1, 0.15) is 25.7 Å². The molecule has 2 aromatic carbocycles. The highest BCUT2D eigenvalue weighted by Crippen LogP contribution is 2.18. The third-order valence-corrected chi connectivity index (χ3v) is 3.34. The van der Waals surface area contributed by atoms with Gasteiger partial charge in [0.05, 0.1) is 0 Å². The summed E-state index contributed by atoms with van der Waals surface area (Å²) in [5.41, 5.74) is 8.29. The predicted octanol–water partition coefficient (Wildman–Crippen LogP) is 3.89. The van der Waals surface area contributed by atoms with E-state index in [0.717, 1.165) is 36.3 Å². The summed E-state index contributed by atoms with van der Waals surface area (Å²) in [6, 6.07) is 17.7. The molecule has 0 bridgehead atoms. The molecule has 0 fully saturated rings. The van der Waals surface area contributed by atoms with Crippen LogP contribution in [0.5, 0.6) is 0 Å². The lowest BCUT2D eigenvalue weighted by Crippen LogP contribution is -2.11. The fourth-order valence-corrected chi connectivity index (χ4v) is 2.16. The van der Waals surface area contributed by atoms with Gasteiger partial charge < -0.3 is 16.4 Å². The minimum atomic E-state index is 0.0563. The van der Waals surface area contributed by atoms with Crippen LogP contribution in [-0.2, 0) is 4.79 Å². The maximum atomic E-state index is 11.8. The Labute approximate surface area is 131 Å². The smallest absolute Gasteiger partial charge is 0.224 e. The number of carbonyl (C=O) groups excluding carboxylic acids is 1. The Morgan fingerprint density at radius 3 is 2.14 bits per heavy atom. The normalized spacial score (nSPS) is 10.2. The van der Waals surface area contributed by atoms with Crippen LogP contribution in [0, 0.1) is 0 Å². The molecule has 0 aliphatic heterocycles. The predicted molar refractivity (Wildman–Crippen MR) is 92.3 cm³/mol. The SMILES string of the molecule is NCCCCCC(=O)Nc1ccc(Nc2ccccc2)cc1. The standard InChI is InChI=1S/C18H23N3O/c19-14-6-2-5-9-18(22)21-17-12-10-16(11-13-17)20-15-7-3-1-4-8-15/h1,3-4,7-8,10-13,20H,2,5-6,9,14,19H2,(H,21,22). The monoisotopic (exact) mass is 297 g/mol. The molecule has 0 atom stereocenters. The molecule has 116 valence electrons. The van der Waals surface area contributed by atoms with Crippen molar-refractivity contribution in [2.75, 3.05) is 17.2 Å². The van der Waals surface area contributed by atoms with E-state index in [2.05, 4.69) is 10.6 Å². The molecule has 0 aliphatic carbocycles. The fraction of sp³-hybridized carbons (Fsp3) is 0.278. The van der Waals surface area contributed by atoms with Crippen molar-refractivity contribution in [3.05, 3.63) is 54.6 Å². The molecule has 0 spiro atoms. The lowest BCUT2D eigenvalue weighted by molar-refractivity contribution is -0.116. The first-order chi connectivity index (χ1) is 10.8. The van der Waals surface area contributed by atoms with Crippen LogP contribution in [-0.4, -0.2) is 12.5 Å². The van der Waals surface area contributed by atoms with Gasteiger partial charge in [0.1, 0.15) is 0 Å². The van der Waals surface area contributed by atoms with E-state index in [-0.39, 0.29) is 5.91 Å². The third-order valence-electron chi connectivity index (χ3n) is 3.34. The number of nitrogens with one attached hydrogen (secondary N) is 2. The van der Waals surface area contributed by atoms with Crippen molar-refractivity contribution in [1.29, 1.82) is 0 Å². The second-order valence-electron chi connectivity index (χ2n) is 5.22. The highest BCUT2D eigenvalue weighted by atomic mass is 16.1. The van der Waals surface area contributed by atoms with E-state index in [1.807, 2.05) is 54.6 Å². The third kappa shape index (κ3) is 5.58. The van der Waals surface area contributed by atoms with Gasteiger partial charge in [0.15, 0.2) is 0 Å². The van der Waals surface area contributed by atoms with Crippen molar-refractivity contribution in [2.45, 2.75) is 25.7 Å². The first-order valence-corrected chi connectivity index (χ1v) is 7.70. The van der Waals surface area contributed by atoms with Crippen LogP contribution in [0.2, 0.25) is 0 Å². The molecule has 4 heteroatoms. The minimum Gasteiger partial charge on any atom is -0.356 e. The Balaban J connectivity index is 1.80. The van der Waals surface area contributed by atoms with Gasteiger partial charge in [-0.05, 0) is 55.8 Å². The number of carbonyl (C=O) groups is 1. The lowest BCUT2D eigenvalue weighted by atomic mass is 10.2. The average Bonchev–Trinajstić information content (AvgIpc) is 2.54. The number of amides is 1. The summed E-state index contributed by atoms with van der Waals surface area (Å²) in [5.74, 6) is 0.0563. The number of nitrogens with two attached hydrogens (primary N) is 1. The van der Waals surface area contributed by atoms with E-state index in [4.69, 9.17) is 5.73 Å². The zero-order chi connectivity index (χ0) is 15.6. The van der Waals surface area contributed by atoms with E-state index in [1.165, 1.54) is 0 Å². The highest BCUT2D eigenvalue weighted by molar-refractivity contribution is 5.90. The van der Waals surface area contributed by atoms with E-state index in [9.17, 15) is 4.79 Å². The molecule has 4 N–H and O–H groups in total. The van der Waals surface area contributed by atoms with Gasteiger partial charge in [0, 0.05) is 23.5 Å². The number of anilines is 3. The van der Waals surface area contributed by atoms with E-state index < -0.39 is 0 Å². The van der Waals surface area contributed by atoms with Crippen molar-refractivity contribution in [3.8, 4) is 0 Å². The number of para-hydroxylation sites is 1. The van der Waals surface area contributed by atoms with E-state index >= 15 is 0 Å². The van der Waals surface area contributed by atoms with Gasteiger partial charge in [-0.3, -0.25) is 4.79 Å². The molecule has 22 heavy (non-hydrogen) atoms. The Bertz CT molecular complexity index is 567. The number of benzene rings is 2. The van der Waals surface area contributed by atoms with Crippen molar-refractivity contribution in [1.82, 2.24) is 0 Å². The summed E-state index contributed by atoms with van der Waals surface area (Å²) in [4.78, 5) is 11.8. The zero-order valence-electron chi connectivity index (χ0n) is 12.7. The summed E-state index contributed by atoms with van der Waals surface area (Å²) in [6.45, 7) is 0.692. The molecule has 0 saturated heterocycles. The summed E-state index contributed by atoms with van der Waals surface area (Å²) >= 11 is 0. The molecule has 0 saturated carbocycles. The van der Waals surface area contributed by atoms with Crippen LogP contribution >= 0.6 is 0 Å². The molecule has 0 unspecified atom stereocenters. The number of unbranched alkanes of at least 4 members (excludes halogenated alkanes) is 2. The van der Waals surface area contributed by atoms with Gasteiger partial charge in [-0.25, -0.2) is 0 Å². The van der Waals surface area contributed by atoms with Gasteiger partial charge in [-0.1, -0.05) is 24.6 Å². The molecule has 4 nitrogen and oxygen atoms in total. The van der Waals surface area contributed by atoms with Crippen LogP contribution in [0.3, 0.4) is 0 Å². The van der Waals surface area contributed by atoms with E-state index in [0.29, 0.717) is 13.0 Å². The van der Waals surface area contributed by atoms with Gasteiger partial charge in [0.2, 0.25) is 5.91 Å². The minimum absolute atomic E-state index is 0.0563. The summed E-state index contributed by atoms with van der Waals surface area (Å²) < 4.78 is 0. The molecule has 0 aliphatic rings. The topological polar surface area (TPSA) is 67.2 Å². The first kappa shape index (κ1) is 16.0. The maximum absolute atomic E-state index is 11.8. The van der Waals surface area contributed by atoms with Gasteiger partial charge in [-0.15, -0.1) is 0 Å². The molecule has 2 aromatic rings. The van der Waals surface area contributed by atoms with Crippen molar-refractivity contribution >= 4 is 23.0 Å². The molecule has 0 heterocycles. The average molecular weight is 297 g/mol. The van der Waals surface area contributed by atoms with Crippen LogP contribution in [0.4, 0.5) is 17.1 Å². The fourth-order valence-electron chi connectivity index (χ4n) is 2.16. The molecule has 0 aromatic heterocycles. The molecule has 1 amide bonds. The Kier molecular flexibility index (Phi) is 6.45. The number of rotatable bonds is 8. The van der Waals surface area contributed by atoms with Crippen molar-refractivity contribution < 1.29 is 4.79 Å². The highest BCUT2D eigenvalue weighted by Gasteiger charge is 2.02. The van der Waals surface area contributed by atoms with Crippen molar-refractivity contribution in [2.24, 2.45) is 5.73 Å². The molecule has 0 radical (unpaired) electrons. The van der Waals surface area contributed by atoms with Crippen LogP contribution in [0.25, 0.3) is 0 Å². The number of hydrogen-bond donors (Lipinski definition) is 3. The van der Waals surface area contributed by atoms with E-state index in [1.54, 1.807) is 0 Å². The van der Waals surface area contributed by atoms with Crippen LogP contribution in [0.15, 0.2) is 54.6 Å². The second-order valence-corrected chi connectivity index (χ2v) is 5.22. The van der Waals surface area contributed by atoms with Crippen LogP contribution < -0.4 is 16.4 Å². The van der Waals surface area contributed by atoms with Crippen molar-refractivity contribution in [3.63, 3.8) is 0 Å². The first-order valence-electron chi connectivity index (χ1n) is 7.70. The maximum Gasteiger partial charge on any atom is 0.224 e. The molecular weight excluding hydrogens is 274 g/mol. The summed E-state index contributed by atoms with van der Waals surface area (Å²) in [6.07, 6.45) is 3.41. The largest absolute Gasteiger partial charge is 0.356 e. The quantitative estimate of drug-likeness (QED) is 0.648. The lowest BCUT2D eigenvalue weighted by Gasteiger charge is -2.08. The Morgan fingerprint density at radius 2 is 1.45 bits per heavy atom. The second kappa shape index (κ2) is 8.85. The molecule has 2 rings (SSSR count). The van der Waals surface area contributed by atoms with Gasteiger partial charge in [0.25, 0.3) is 0 Å².